The number of ether oxygens (including phenoxy) is 2. The predicted octanol–water partition coefficient (Wildman–Crippen LogP) is 4.06. The molecule has 0 unspecified atom stereocenters. The molecular formula is C21H19NO5. The van der Waals surface area contributed by atoms with E-state index in [-0.39, 0.29) is 19.0 Å². The number of Topliss-reactive ketones (excluding diaryl/α,β-unsaturated/α-hetero) is 1. The lowest BCUT2D eigenvalue weighted by atomic mass is 10.1. The molecule has 2 aromatic carbocycles. The highest BCUT2D eigenvalue weighted by Gasteiger charge is 2.10. The third-order valence-corrected chi connectivity index (χ3v) is 3.86. The van der Waals surface area contributed by atoms with Gasteiger partial charge < -0.3 is 14.0 Å². The van der Waals surface area contributed by atoms with Crippen molar-refractivity contribution in [1.29, 1.82) is 0 Å². The Morgan fingerprint density at radius 3 is 2.48 bits per heavy atom. The zero-order valence-corrected chi connectivity index (χ0v) is 14.9. The fourth-order valence-corrected chi connectivity index (χ4v) is 2.40. The highest BCUT2D eigenvalue weighted by molar-refractivity contribution is 5.95. The molecular weight excluding hydrogens is 346 g/mol. The summed E-state index contributed by atoms with van der Waals surface area (Å²) in [5.74, 6) is 0.472. The quantitative estimate of drug-likeness (QED) is 0.442. The van der Waals surface area contributed by atoms with Gasteiger partial charge in [-0.25, -0.2) is 4.79 Å². The molecule has 0 amide bonds. The summed E-state index contributed by atoms with van der Waals surface area (Å²) in [6.45, 7) is 1.55. The Morgan fingerprint density at radius 1 is 1.04 bits per heavy atom. The summed E-state index contributed by atoms with van der Waals surface area (Å²) in [6, 6.07) is 17.9. The molecule has 27 heavy (non-hydrogen) atoms. The van der Waals surface area contributed by atoms with Crippen LogP contribution in [0.15, 0.2) is 65.2 Å². The van der Waals surface area contributed by atoms with E-state index in [2.05, 4.69) is 5.16 Å². The maximum atomic E-state index is 11.8. The van der Waals surface area contributed by atoms with Crippen LogP contribution in [0.3, 0.4) is 0 Å². The number of rotatable bonds is 8. The van der Waals surface area contributed by atoms with Crippen molar-refractivity contribution in [3.05, 3.63) is 72.0 Å². The largest absolute Gasteiger partial charge is 0.482 e. The van der Waals surface area contributed by atoms with Gasteiger partial charge in [-0.15, -0.1) is 0 Å². The molecule has 3 aromatic rings. The minimum Gasteiger partial charge on any atom is -0.482 e. The number of ketones is 1. The minimum absolute atomic E-state index is 0.0219. The van der Waals surface area contributed by atoms with Gasteiger partial charge in [0, 0.05) is 23.6 Å². The van der Waals surface area contributed by atoms with Crippen LogP contribution >= 0.6 is 0 Å². The molecule has 6 nitrogen and oxygen atoms in total. The molecule has 0 atom stereocenters. The second-order valence-electron chi connectivity index (χ2n) is 5.79. The zero-order chi connectivity index (χ0) is 19.1. The fourth-order valence-electron chi connectivity index (χ4n) is 2.40. The van der Waals surface area contributed by atoms with Crippen molar-refractivity contribution in [1.82, 2.24) is 5.16 Å². The first-order valence-electron chi connectivity index (χ1n) is 8.58. The second kappa shape index (κ2) is 8.80. The molecule has 3 rings (SSSR count). The van der Waals surface area contributed by atoms with E-state index in [0.717, 1.165) is 5.56 Å². The Balaban J connectivity index is 1.46. The molecule has 0 aliphatic carbocycles. The van der Waals surface area contributed by atoms with Gasteiger partial charge in [0.25, 0.3) is 0 Å². The first-order chi connectivity index (χ1) is 13.2. The lowest BCUT2D eigenvalue weighted by Gasteiger charge is -2.06. The van der Waals surface area contributed by atoms with Gasteiger partial charge in [-0.05, 0) is 24.3 Å². The number of benzene rings is 2. The Morgan fingerprint density at radius 2 is 1.78 bits per heavy atom. The number of aromatic nitrogens is 1. The van der Waals surface area contributed by atoms with Gasteiger partial charge in [0.1, 0.15) is 11.4 Å². The first kappa shape index (κ1) is 18.4. The molecule has 0 bridgehead atoms. The summed E-state index contributed by atoms with van der Waals surface area (Å²) in [5.41, 5.74) is 2.22. The van der Waals surface area contributed by atoms with Crippen molar-refractivity contribution in [3.63, 3.8) is 0 Å². The van der Waals surface area contributed by atoms with E-state index < -0.39 is 5.97 Å². The van der Waals surface area contributed by atoms with Crippen LogP contribution in [0.2, 0.25) is 0 Å². The fraction of sp³-hybridized carbons (Fsp3) is 0.190. The van der Waals surface area contributed by atoms with Crippen LogP contribution < -0.4 is 4.74 Å². The summed E-state index contributed by atoms with van der Waals surface area (Å²) in [4.78, 5) is 23.4. The summed E-state index contributed by atoms with van der Waals surface area (Å²) in [7, 11) is 0. The molecule has 0 radical (unpaired) electrons. The van der Waals surface area contributed by atoms with Gasteiger partial charge in [0.2, 0.25) is 0 Å². The van der Waals surface area contributed by atoms with Crippen molar-refractivity contribution in [3.8, 4) is 17.0 Å². The molecule has 1 aromatic heterocycles. The first-order valence-corrected chi connectivity index (χ1v) is 8.58. The number of nitrogens with zero attached hydrogens (tertiary/aromatic N) is 1. The second-order valence-corrected chi connectivity index (χ2v) is 5.79. The normalized spacial score (nSPS) is 10.4. The van der Waals surface area contributed by atoms with E-state index in [1.165, 1.54) is 0 Å². The van der Waals surface area contributed by atoms with Crippen molar-refractivity contribution in [2.24, 2.45) is 0 Å². The van der Waals surface area contributed by atoms with E-state index in [4.69, 9.17) is 14.0 Å². The predicted molar refractivity (Wildman–Crippen MR) is 98.3 cm³/mol. The molecule has 0 saturated heterocycles. The SMILES string of the molecule is CCC(=O)c1ccc(OCC(=O)OCc2cc(-c3ccccc3)no2)cc1. The number of carbonyl (C=O) groups excluding carboxylic acids is 2. The van der Waals surface area contributed by atoms with Gasteiger partial charge in [0.15, 0.2) is 24.8 Å². The average molecular weight is 365 g/mol. The molecule has 0 fully saturated rings. The number of hydrogen-bond acceptors (Lipinski definition) is 6. The summed E-state index contributed by atoms with van der Waals surface area (Å²) in [5, 5.41) is 3.96. The highest BCUT2D eigenvalue weighted by Crippen LogP contribution is 2.19. The zero-order valence-electron chi connectivity index (χ0n) is 14.9. The van der Waals surface area contributed by atoms with Crippen LogP contribution in [0, 0.1) is 0 Å². The Labute approximate surface area is 156 Å². The molecule has 6 heteroatoms. The van der Waals surface area contributed by atoms with E-state index in [9.17, 15) is 9.59 Å². The van der Waals surface area contributed by atoms with Gasteiger partial charge in [-0.2, -0.15) is 0 Å². The van der Waals surface area contributed by atoms with E-state index in [1.807, 2.05) is 30.3 Å². The molecule has 1 heterocycles. The Hall–Kier alpha value is -3.41. The van der Waals surface area contributed by atoms with E-state index in [1.54, 1.807) is 37.3 Å². The van der Waals surface area contributed by atoms with Crippen LogP contribution in [0.4, 0.5) is 0 Å². The van der Waals surface area contributed by atoms with Gasteiger partial charge in [-0.3, -0.25) is 4.79 Å². The molecule has 0 aliphatic heterocycles. The Bertz CT molecular complexity index is 900. The van der Waals surface area contributed by atoms with Crippen molar-refractivity contribution in [2.45, 2.75) is 20.0 Å². The standard InChI is InChI=1S/C21H19NO5/c1-2-20(23)16-8-10-17(11-9-16)25-14-21(24)26-13-18-12-19(22-27-18)15-6-4-3-5-7-15/h3-12H,2,13-14H2,1H3. The Kier molecular flexibility index (Phi) is 5.99. The number of hydrogen-bond donors (Lipinski definition) is 0. The molecule has 0 aliphatic rings. The summed E-state index contributed by atoms with van der Waals surface area (Å²) < 4.78 is 15.7. The lowest BCUT2D eigenvalue weighted by molar-refractivity contribution is -0.147. The van der Waals surface area contributed by atoms with Crippen LogP contribution in [0.25, 0.3) is 11.3 Å². The molecule has 138 valence electrons. The average Bonchev–Trinajstić information content (AvgIpc) is 3.20. The van der Waals surface area contributed by atoms with Crippen LogP contribution in [-0.2, 0) is 16.1 Å². The highest BCUT2D eigenvalue weighted by atomic mass is 16.6. The van der Waals surface area contributed by atoms with Crippen LogP contribution in [-0.4, -0.2) is 23.5 Å². The maximum Gasteiger partial charge on any atom is 0.344 e. The molecule has 0 saturated carbocycles. The van der Waals surface area contributed by atoms with Crippen molar-refractivity contribution < 1.29 is 23.6 Å². The van der Waals surface area contributed by atoms with E-state index >= 15 is 0 Å². The van der Waals surface area contributed by atoms with Gasteiger partial charge in [-0.1, -0.05) is 42.4 Å². The monoisotopic (exact) mass is 365 g/mol. The van der Waals surface area contributed by atoms with Gasteiger partial charge in [0.05, 0.1) is 0 Å². The van der Waals surface area contributed by atoms with Crippen molar-refractivity contribution in [2.75, 3.05) is 6.61 Å². The van der Waals surface area contributed by atoms with Crippen molar-refractivity contribution >= 4 is 11.8 Å². The van der Waals surface area contributed by atoms with Crippen LogP contribution in [0.1, 0.15) is 29.5 Å². The van der Waals surface area contributed by atoms with E-state index in [0.29, 0.717) is 29.2 Å². The topological polar surface area (TPSA) is 78.6 Å². The number of carbonyl (C=O) groups is 2. The molecule has 0 N–H and O–H groups in total. The lowest BCUT2D eigenvalue weighted by Crippen LogP contribution is -2.14. The minimum atomic E-state index is -0.527. The van der Waals surface area contributed by atoms with Crippen LogP contribution in [0.5, 0.6) is 5.75 Å². The summed E-state index contributed by atoms with van der Waals surface area (Å²) in [6.07, 6.45) is 0.445. The number of esters is 1. The third kappa shape index (κ3) is 5.04. The summed E-state index contributed by atoms with van der Waals surface area (Å²) >= 11 is 0. The maximum absolute atomic E-state index is 11.8. The third-order valence-electron chi connectivity index (χ3n) is 3.86. The molecule has 0 spiro atoms. The smallest absolute Gasteiger partial charge is 0.344 e. The van der Waals surface area contributed by atoms with Gasteiger partial charge >= 0.3 is 5.97 Å².